The van der Waals surface area contributed by atoms with Gasteiger partial charge < -0.3 is 4.74 Å². The lowest BCUT2D eigenvalue weighted by molar-refractivity contribution is -0.325. The van der Waals surface area contributed by atoms with Crippen molar-refractivity contribution < 1.29 is 27.4 Å². The molecule has 0 atom stereocenters. The smallest absolute Gasteiger partial charge is 0.464 e. The number of methoxy groups -OCH3 is 1. The van der Waals surface area contributed by atoms with Crippen molar-refractivity contribution >= 4 is 5.97 Å². The van der Waals surface area contributed by atoms with Crippen LogP contribution in [0.25, 0.3) is 0 Å². The number of esters is 1. The Morgan fingerprint density at radius 3 is 2.53 bits per heavy atom. The molecule has 0 amide bonds. The maximum atomic E-state index is 11.9. The molecular formula is C10H14F3N3O3. The number of hydrogen-bond donors (Lipinski definition) is 0. The summed E-state index contributed by atoms with van der Waals surface area (Å²) in [5.74, 6) is -0.818. The molecule has 0 saturated carbocycles. The van der Waals surface area contributed by atoms with Crippen LogP contribution in [0.4, 0.5) is 13.2 Å². The van der Waals surface area contributed by atoms with Crippen LogP contribution in [0.3, 0.4) is 0 Å². The Labute approximate surface area is 107 Å². The van der Waals surface area contributed by atoms with E-state index in [4.69, 9.17) is 0 Å². The topological polar surface area (TPSA) is 66.2 Å². The highest BCUT2D eigenvalue weighted by Crippen LogP contribution is 2.19. The maximum absolute atomic E-state index is 11.9. The second-order valence-corrected chi connectivity index (χ2v) is 3.99. The number of aromatic nitrogens is 3. The standard InChI is InChI=1S/C10H14F3N3O3/c1-6(2)8-7(9(17)18-3)14-15-16(8)4-5-19-10(11,12)13/h6H,4-5H2,1-3H3. The highest BCUT2D eigenvalue weighted by atomic mass is 19.4. The van der Waals surface area contributed by atoms with E-state index in [-0.39, 0.29) is 18.2 Å². The third kappa shape index (κ3) is 4.19. The maximum Gasteiger partial charge on any atom is 0.522 e. The van der Waals surface area contributed by atoms with Crippen LogP contribution in [0.1, 0.15) is 35.9 Å². The number of halogens is 3. The summed E-state index contributed by atoms with van der Waals surface area (Å²) in [5.41, 5.74) is 0.419. The summed E-state index contributed by atoms with van der Waals surface area (Å²) in [6.07, 6.45) is -4.69. The minimum absolute atomic E-state index is 0.00417. The zero-order chi connectivity index (χ0) is 14.6. The monoisotopic (exact) mass is 281 g/mol. The van der Waals surface area contributed by atoms with Crippen LogP contribution in [0.2, 0.25) is 0 Å². The summed E-state index contributed by atoms with van der Waals surface area (Å²) in [4.78, 5) is 11.4. The van der Waals surface area contributed by atoms with Gasteiger partial charge in [0, 0.05) is 0 Å². The molecule has 1 rings (SSSR count). The van der Waals surface area contributed by atoms with Gasteiger partial charge in [0.25, 0.3) is 0 Å². The van der Waals surface area contributed by atoms with E-state index in [1.54, 1.807) is 13.8 Å². The van der Waals surface area contributed by atoms with Crippen molar-refractivity contribution in [1.82, 2.24) is 15.0 Å². The molecule has 0 radical (unpaired) electrons. The van der Waals surface area contributed by atoms with E-state index in [0.29, 0.717) is 5.69 Å². The minimum Gasteiger partial charge on any atom is -0.464 e. The molecule has 0 spiro atoms. The van der Waals surface area contributed by atoms with Crippen LogP contribution >= 0.6 is 0 Å². The van der Waals surface area contributed by atoms with Crippen molar-refractivity contribution in [1.29, 1.82) is 0 Å². The van der Waals surface area contributed by atoms with Gasteiger partial charge in [0.15, 0.2) is 5.69 Å². The molecule has 19 heavy (non-hydrogen) atoms. The van der Waals surface area contributed by atoms with Gasteiger partial charge >= 0.3 is 12.3 Å². The first-order chi connectivity index (χ1) is 8.76. The highest BCUT2D eigenvalue weighted by Gasteiger charge is 2.29. The first kappa shape index (κ1) is 15.4. The van der Waals surface area contributed by atoms with Gasteiger partial charge in [-0.15, -0.1) is 18.3 Å². The molecule has 0 bridgehead atoms. The molecule has 0 aliphatic carbocycles. The van der Waals surface area contributed by atoms with E-state index in [1.807, 2.05) is 0 Å². The van der Waals surface area contributed by atoms with Crippen LogP contribution in [-0.4, -0.2) is 41.0 Å². The molecule has 0 unspecified atom stereocenters. The quantitative estimate of drug-likeness (QED) is 0.769. The third-order valence-corrected chi connectivity index (χ3v) is 2.27. The molecule has 1 aromatic rings. The van der Waals surface area contributed by atoms with Crippen molar-refractivity contribution in [3.8, 4) is 0 Å². The van der Waals surface area contributed by atoms with Gasteiger partial charge in [0.2, 0.25) is 0 Å². The molecule has 9 heteroatoms. The molecule has 108 valence electrons. The molecular weight excluding hydrogens is 267 g/mol. The number of nitrogens with zero attached hydrogens (tertiary/aromatic N) is 3. The SMILES string of the molecule is COC(=O)c1nnn(CCOC(F)(F)F)c1C(C)C. The van der Waals surface area contributed by atoms with Crippen molar-refractivity contribution in [2.24, 2.45) is 0 Å². The fourth-order valence-electron chi connectivity index (χ4n) is 1.55. The van der Waals surface area contributed by atoms with E-state index in [9.17, 15) is 18.0 Å². The van der Waals surface area contributed by atoms with Crippen LogP contribution < -0.4 is 0 Å². The number of ether oxygens (including phenoxy) is 2. The fourth-order valence-corrected chi connectivity index (χ4v) is 1.55. The molecule has 0 aliphatic rings. The van der Waals surface area contributed by atoms with Crippen molar-refractivity contribution in [2.75, 3.05) is 13.7 Å². The summed E-state index contributed by atoms with van der Waals surface area (Å²) in [6, 6.07) is 0. The Morgan fingerprint density at radius 1 is 1.42 bits per heavy atom. The van der Waals surface area contributed by atoms with E-state index in [2.05, 4.69) is 19.8 Å². The minimum atomic E-state index is -4.69. The third-order valence-electron chi connectivity index (χ3n) is 2.27. The number of hydrogen-bond acceptors (Lipinski definition) is 5. The predicted octanol–water partition coefficient (Wildman–Crippen LogP) is 1.72. The van der Waals surface area contributed by atoms with Crippen LogP contribution in [0.5, 0.6) is 0 Å². The van der Waals surface area contributed by atoms with Crippen molar-refractivity contribution in [2.45, 2.75) is 32.7 Å². The Bertz CT molecular complexity index is 443. The lowest BCUT2D eigenvalue weighted by Crippen LogP contribution is -2.19. The number of carbonyl (C=O) groups excluding carboxylic acids is 1. The van der Waals surface area contributed by atoms with E-state index in [0.717, 1.165) is 0 Å². The van der Waals surface area contributed by atoms with Gasteiger partial charge in [0.1, 0.15) is 0 Å². The Hall–Kier alpha value is -1.64. The largest absolute Gasteiger partial charge is 0.522 e. The molecule has 1 heterocycles. The Kier molecular flexibility index (Phi) is 4.87. The average Bonchev–Trinajstić information content (AvgIpc) is 2.70. The molecule has 6 nitrogen and oxygen atoms in total. The zero-order valence-electron chi connectivity index (χ0n) is 10.7. The molecule has 1 aromatic heterocycles. The van der Waals surface area contributed by atoms with E-state index in [1.165, 1.54) is 11.8 Å². The number of carbonyl (C=O) groups is 1. The van der Waals surface area contributed by atoms with Crippen LogP contribution in [0.15, 0.2) is 0 Å². The summed E-state index contributed by atoms with van der Waals surface area (Å²) < 4.78 is 45.0. The van der Waals surface area contributed by atoms with Crippen molar-refractivity contribution in [3.05, 3.63) is 11.4 Å². The average molecular weight is 281 g/mol. The first-order valence-corrected chi connectivity index (χ1v) is 5.48. The molecule has 0 fully saturated rings. The number of rotatable bonds is 5. The number of alkyl halides is 3. The lowest BCUT2D eigenvalue weighted by atomic mass is 10.1. The van der Waals surface area contributed by atoms with Gasteiger partial charge in [-0.25, -0.2) is 9.48 Å². The highest BCUT2D eigenvalue weighted by molar-refractivity contribution is 5.88. The molecule has 0 aromatic carbocycles. The lowest BCUT2D eigenvalue weighted by Gasteiger charge is -2.11. The molecule has 0 N–H and O–H groups in total. The second-order valence-electron chi connectivity index (χ2n) is 3.99. The van der Waals surface area contributed by atoms with Gasteiger partial charge in [-0.1, -0.05) is 19.1 Å². The summed E-state index contributed by atoms with van der Waals surface area (Å²) in [6.45, 7) is 2.78. The van der Waals surface area contributed by atoms with Gasteiger partial charge in [-0.05, 0) is 5.92 Å². The molecule has 0 aliphatic heterocycles. The van der Waals surface area contributed by atoms with Crippen LogP contribution in [0, 0.1) is 0 Å². The normalized spacial score (nSPS) is 11.9. The van der Waals surface area contributed by atoms with E-state index < -0.39 is 18.9 Å². The fraction of sp³-hybridized carbons (Fsp3) is 0.700. The van der Waals surface area contributed by atoms with Crippen molar-refractivity contribution in [3.63, 3.8) is 0 Å². The van der Waals surface area contributed by atoms with E-state index >= 15 is 0 Å². The summed E-state index contributed by atoms with van der Waals surface area (Å²) >= 11 is 0. The summed E-state index contributed by atoms with van der Waals surface area (Å²) in [7, 11) is 1.19. The Morgan fingerprint density at radius 2 is 2.05 bits per heavy atom. The Balaban J connectivity index is 2.84. The van der Waals surface area contributed by atoms with Gasteiger partial charge in [-0.3, -0.25) is 4.74 Å². The van der Waals surface area contributed by atoms with Crippen LogP contribution in [-0.2, 0) is 16.0 Å². The molecule has 0 saturated heterocycles. The van der Waals surface area contributed by atoms with Gasteiger partial charge in [0.05, 0.1) is 26.0 Å². The first-order valence-electron chi connectivity index (χ1n) is 5.48. The summed E-state index contributed by atoms with van der Waals surface area (Å²) in [5, 5.41) is 7.27. The zero-order valence-corrected chi connectivity index (χ0v) is 10.7. The predicted molar refractivity (Wildman–Crippen MR) is 57.5 cm³/mol. The van der Waals surface area contributed by atoms with Gasteiger partial charge in [-0.2, -0.15) is 0 Å². The second kappa shape index (κ2) is 6.00.